The molecule has 1 fully saturated rings. The molecule has 0 aromatic heterocycles. The van der Waals surface area contributed by atoms with E-state index in [0.29, 0.717) is 12.1 Å². The van der Waals surface area contributed by atoms with Crippen LogP contribution in [0.5, 0.6) is 0 Å². The first-order chi connectivity index (χ1) is 9.81. The van der Waals surface area contributed by atoms with Crippen LogP contribution in [0, 0.1) is 5.92 Å². The number of benzene rings is 1. The van der Waals surface area contributed by atoms with Gasteiger partial charge in [0.25, 0.3) is 0 Å². The van der Waals surface area contributed by atoms with Crippen molar-refractivity contribution in [1.29, 1.82) is 0 Å². The summed E-state index contributed by atoms with van der Waals surface area (Å²) in [4.78, 5) is 0. The minimum absolute atomic E-state index is 0.305. The van der Waals surface area contributed by atoms with Gasteiger partial charge in [0.1, 0.15) is 0 Å². The lowest BCUT2D eigenvalue weighted by atomic mass is 9.92. The van der Waals surface area contributed by atoms with E-state index in [-0.39, 0.29) is 0 Å². The van der Waals surface area contributed by atoms with Crippen molar-refractivity contribution in [3.05, 3.63) is 35.9 Å². The monoisotopic (exact) mass is 275 g/mol. The van der Waals surface area contributed by atoms with Gasteiger partial charge >= 0.3 is 0 Å². The summed E-state index contributed by atoms with van der Waals surface area (Å²) in [6, 6.07) is 11.5. The van der Waals surface area contributed by atoms with Crippen LogP contribution in [0.4, 0.5) is 0 Å². The van der Waals surface area contributed by atoms with E-state index >= 15 is 0 Å². The van der Waals surface area contributed by atoms with Gasteiger partial charge in [-0.1, -0.05) is 56.0 Å². The highest BCUT2D eigenvalue weighted by molar-refractivity contribution is 5.19. The molecule has 0 radical (unpaired) electrons. The molecule has 2 heteroatoms. The molecule has 2 nitrogen and oxygen atoms in total. The molecular weight excluding hydrogens is 246 g/mol. The number of methoxy groups -OCH3 is 1. The maximum atomic E-state index is 5.41. The highest BCUT2D eigenvalue weighted by Crippen LogP contribution is 2.27. The second kappa shape index (κ2) is 8.43. The lowest BCUT2D eigenvalue weighted by Gasteiger charge is -2.29. The lowest BCUT2D eigenvalue weighted by molar-refractivity contribution is 0.154. The molecule has 2 atom stereocenters. The summed E-state index contributed by atoms with van der Waals surface area (Å²) in [5.41, 5.74) is 1.33. The van der Waals surface area contributed by atoms with Crippen LogP contribution in [0.2, 0.25) is 0 Å². The fraction of sp³-hybridized carbons (Fsp3) is 0.667. The fourth-order valence-corrected chi connectivity index (χ4v) is 3.36. The first-order valence-corrected chi connectivity index (χ1v) is 8.11. The molecule has 1 aliphatic carbocycles. The van der Waals surface area contributed by atoms with Crippen molar-refractivity contribution < 1.29 is 4.74 Å². The average Bonchev–Trinajstić information content (AvgIpc) is 2.77. The van der Waals surface area contributed by atoms with Crippen molar-refractivity contribution in [3.8, 4) is 0 Å². The van der Waals surface area contributed by atoms with Crippen LogP contribution in [0.1, 0.15) is 57.1 Å². The Kier molecular flexibility index (Phi) is 6.55. The summed E-state index contributed by atoms with van der Waals surface area (Å²) in [6.07, 6.45) is 8.39. The SMILES string of the molecule is COCC(N[C@H](C)C1CCCCCC1)c1ccccc1. The average molecular weight is 275 g/mol. The second-order valence-corrected chi connectivity index (χ2v) is 6.13. The number of nitrogens with one attached hydrogen (secondary N) is 1. The molecule has 112 valence electrons. The number of ether oxygens (including phenoxy) is 1. The molecule has 1 unspecified atom stereocenters. The zero-order chi connectivity index (χ0) is 14.2. The Bertz CT molecular complexity index is 357. The van der Waals surface area contributed by atoms with Crippen LogP contribution in [-0.4, -0.2) is 19.8 Å². The van der Waals surface area contributed by atoms with Gasteiger partial charge in [-0.05, 0) is 31.2 Å². The van der Waals surface area contributed by atoms with E-state index in [0.717, 1.165) is 12.5 Å². The Morgan fingerprint density at radius 2 is 1.75 bits per heavy atom. The second-order valence-electron chi connectivity index (χ2n) is 6.13. The normalized spacial score (nSPS) is 20.3. The molecule has 1 aromatic carbocycles. The van der Waals surface area contributed by atoms with Crippen molar-refractivity contribution in [2.75, 3.05) is 13.7 Å². The summed E-state index contributed by atoms with van der Waals surface area (Å²) in [7, 11) is 1.79. The molecule has 1 N–H and O–H groups in total. The van der Waals surface area contributed by atoms with Gasteiger partial charge in [-0.25, -0.2) is 0 Å². The first kappa shape index (κ1) is 15.5. The van der Waals surface area contributed by atoms with Crippen LogP contribution in [0.15, 0.2) is 30.3 Å². The van der Waals surface area contributed by atoms with Gasteiger partial charge in [0.05, 0.1) is 12.6 Å². The highest BCUT2D eigenvalue weighted by Gasteiger charge is 2.22. The summed E-state index contributed by atoms with van der Waals surface area (Å²) in [6.45, 7) is 3.09. The summed E-state index contributed by atoms with van der Waals surface area (Å²) in [5, 5.41) is 3.81. The minimum Gasteiger partial charge on any atom is -0.383 e. The van der Waals surface area contributed by atoms with E-state index in [1.54, 1.807) is 7.11 Å². The standard InChI is InChI=1S/C18H29NO/c1-15(16-10-6-3-4-7-11-16)19-18(14-20-2)17-12-8-5-9-13-17/h5,8-9,12-13,15-16,18-19H,3-4,6-7,10-11,14H2,1-2H3/t15-,18?/m1/s1. The number of rotatable bonds is 6. The smallest absolute Gasteiger partial charge is 0.0657 e. The molecule has 0 bridgehead atoms. The molecule has 1 aromatic rings. The molecule has 0 saturated heterocycles. The number of hydrogen-bond acceptors (Lipinski definition) is 2. The molecule has 20 heavy (non-hydrogen) atoms. The van der Waals surface area contributed by atoms with Gasteiger partial charge in [-0.15, -0.1) is 0 Å². The molecule has 0 heterocycles. The third-order valence-corrected chi connectivity index (χ3v) is 4.61. The Morgan fingerprint density at radius 3 is 2.35 bits per heavy atom. The van der Waals surface area contributed by atoms with Crippen LogP contribution in [0.3, 0.4) is 0 Å². The predicted molar refractivity (Wildman–Crippen MR) is 84.8 cm³/mol. The maximum Gasteiger partial charge on any atom is 0.0657 e. The van der Waals surface area contributed by atoms with Crippen molar-refractivity contribution >= 4 is 0 Å². The molecule has 0 amide bonds. The van der Waals surface area contributed by atoms with E-state index in [1.165, 1.54) is 44.1 Å². The summed E-state index contributed by atoms with van der Waals surface area (Å²) in [5.74, 6) is 0.820. The van der Waals surface area contributed by atoms with Crippen molar-refractivity contribution in [2.24, 2.45) is 5.92 Å². The van der Waals surface area contributed by atoms with Crippen molar-refractivity contribution in [2.45, 2.75) is 57.5 Å². The van der Waals surface area contributed by atoms with E-state index < -0.39 is 0 Å². The molecule has 2 rings (SSSR count). The van der Waals surface area contributed by atoms with Crippen molar-refractivity contribution in [3.63, 3.8) is 0 Å². The third-order valence-electron chi connectivity index (χ3n) is 4.61. The Labute approximate surface area is 123 Å². The maximum absolute atomic E-state index is 5.41. The zero-order valence-corrected chi connectivity index (χ0v) is 13.0. The van der Waals surface area contributed by atoms with E-state index in [9.17, 15) is 0 Å². The Balaban J connectivity index is 1.96. The topological polar surface area (TPSA) is 21.3 Å². The molecule has 0 spiro atoms. The Hall–Kier alpha value is -0.860. The Morgan fingerprint density at radius 1 is 1.10 bits per heavy atom. The highest BCUT2D eigenvalue weighted by atomic mass is 16.5. The van der Waals surface area contributed by atoms with E-state index in [4.69, 9.17) is 4.74 Å². The van der Waals surface area contributed by atoms with Crippen LogP contribution >= 0.6 is 0 Å². The van der Waals surface area contributed by atoms with Crippen LogP contribution in [-0.2, 0) is 4.74 Å². The molecular formula is C18H29NO. The first-order valence-electron chi connectivity index (χ1n) is 8.11. The van der Waals surface area contributed by atoms with Crippen LogP contribution < -0.4 is 5.32 Å². The van der Waals surface area contributed by atoms with Gasteiger partial charge in [-0.2, -0.15) is 0 Å². The van der Waals surface area contributed by atoms with Gasteiger partial charge in [0, 0.05) is 13.2 Å². The minimum atomic E-state index is 0.305. The van der Waals surface area contributed by atoms with Gasteiger partial charge in [0.15, 0.2) is 0 Å². The third kappa shape index (κ3) is 4.60. The number of hydrogen-bond donors (Lipinski definition) is 1. The van der Waals surface area contributed by atoms with E-state index in [1.807, 2.05) is 0 Å². The fourth-order valence-electron chi connectivity index (χ4n) is 3.36. The quantitative estimate of drug-likeness (QED) is 0.781. The van der Waals surface area contributed by atoms with Gasteiger partial charge in [-0.3, -0.25) is 0 Å². The molecule has 1 aliphatic rings. The summed E-state index contributed by atoms with van der Waals surface area (Å²) < 4.78 is 5.41. The predicted octanol–water partition coefficient (Wildman–Crippen LogP) is 4.32. The molecule has 0 aliphatic heterocycles. The zero-order valence-electron chi connectivity index (χ0n) is 13.0. The van der Waals surface area contributed by atoms with Crippen LogP contribution in [0.25, 0.3) is 0 Å². The summed E-state index contributed by atoms with van der Waals surface area (Å²) >= 11 is 0. The van der Waals surface area contributed by atoms with E-state index in [2.05, 4.69) is 42.6 Å². The van der Waals surface area contributed by atoms with Gasteiger partial charge < -0.3 is 10.1 Å². The largest absolute Gasteiger partial charge is 0.383 e. The lowest BCUT2D eigenvalue weighted by Crippen LogP contribution is -2.38. The van der Waals surface area contributed by atoms with Gasteiger partial charge in [0.2, 0.25) is 0 Å². The van der Waals surface area contributed by atoms with Crippen molar-refractivity contribution in [1.82, 2.24) is 5.32 Å². The molecule has 1 saturated carbocycles.